The second-order valence-electron chi connectivity index (χ2n) is 17.6. The fourth-order valence-electron chi connectivity index (χ4n) is 8.52. The van der Waals surface area contributed by atoms with E-state index in [9.17, 15) is 54.2 Å². The third kappa shape index (κ3) is 13.5. The number of rotatable bonds is 15. The maximum Gasteiger partial charge on any atom is 0.416 e. The maximum absolute atomic E-state index is 13.5. The molecule has 0 bridgehead atoms. The number of hydrogen-bond acceptors (Lipinski definition) is 7. The molecule has 0 radical (unpaired) electrons. The molecule has 0 fully saturated rings. The Morgan fingerprint density at radius 3 is 1.44 bits per heavy atom. The molecule has 0 spiro atoms. The number of nitrogens with zero attached hydrogens (tertiary/aromatic N) is 3. The van der Waals surface area contributed by atoms with Crippen LogP contribution in [0.4, 0.5) is 71.9 Å². The Kier molecular flexibility index (Phi) is 16.0. The van der Waals surface area contributed by atoms with Crippen molar-refractivity contribution in [3.63, 3.8) is 0 Å². The van der Waals surface area contributed by atoms with Crippen LogP contribution in [-0.2, 0) is 31.6 Å². The molecular formula is C55H46F9N7O3S. The van der Waals surface area contributed by atoms with Gasteiger partial charge in [0.2, 0.25) is 0 Å². The summed E-state index contributed by atoms with van der Waals surface area (Å²) in [6.07, 6.45) is -12.1. The number of anilines is 4. The third-order valence-corrected chi connectivity index (χ3v) is 12.7. The molecule has 20 heteroatoms. The molecule has 75 heavy (non-hydrogen) atoms. The van der Waals surface area contributed by atoms with Crippen LogP contribution in [0.3, 0.4) is 0 Å². The lowest BCUT2D eigenvalue weighted by Crippen LogP contribution is -2.38. The number of carbonyl (C=O) groups excluding carboxylic acids is 2. The highest BCUT2D eigenvalue weighted by Gasteiger charge is 2.37. The summed E-state index contributed by atoms with van der Waals surface area (Å²) in [4.78, 5) is 38.2. The summed E-state index contributed by atoms with van der Waals surface area (Å²) in [6.45, 7) is 2.09. The van der Waals surface area contributed by atoms with E-state index in [0.717, 1.165) is 39.9 Å². The lowest BCUT2D eigenvalue weighted by molar-refractivity contribution is -0.143. The second-order valence-corrected chi connectivity index (χ2v) is 18.6. The summed E-state index contributed by atoms with van der Waals surface area (Å²) in [7, 11) is 0. The van der Waals surface area contributed by atoms with E-state index < -0.39 is 53.0 Å². The van der Waals surface area contributed by atoms with E-state index in [-0.39, 0.29) is 30.1 Å². The molecule has 8 aromatic rings. The standard InChI is InChI=1S/C55H46F9N7O3S/c1-32-21-37(53(56,57)58)26-42(22-32)67-51(73)69-49-9-5-3-7-45(49)33-13-17-47-35(23-33)11-15-40(65-47)29-71(44(31-72)19-20-75-2)30-41-16-12-36-24-34(14-18-48(36)66-41)46-8-4-6-10-50(46)70-52(74)68-43-27-38(54(59,60)61)25-39(28-43)55(62,63)64/h3-18,21-28,44,72H,19-20,29-31H2,1-2H3,(H2,67,69,73)(H2,68,70,74)/t44-/m0/s1. The molecule has 0 saturated heterocycles. The number of para-hydroxylation sites is 2. The average molecular weight is 1060 g/mol. The number of alkyl halides is 9. The van der Waals surface area contributed by atoms with Crippen molar-refractivity contribution in [2.24, 2.45) is 0 Å². The van der Waals surface area contributed by atoms with Crippen molar-refractivity contribution in [1.82, 2.24) is 14.9 Å². The number of fused-ring (bicyclic) bond motifs is 2. The molecule has 0 saturated carbocycles. The molecule has 1 atom stereocenters. The first kappa shape index (κ1) is 53.6. The lowest BCUT2D eigenvalue weighted by atomic mass is 10.0. The molecule has 6 aromatic carbocycles. The van der Waals surface area contributed by atoms with Gasteiger partial charge in [0.05, 0.1) is 57.1 Å². The number of aryl methyl sites for hydroxylation is 1. The quantitative estimate of drug-likeness (QED) is 0.0646. The number of amides is 4. The summed E-state index contributed by atoms with van der Waals surface area (Å²) in [6, 6.07) is 34.3. The fraction of sp³-hybridized carbons (Fsp3) is 0.200. The van der Waals surface area contributed by atoms with Crippen LogP contribution in [0, 0.1) is 6.92 Å². The van der Waals surface area contributed by atoms with Crippen LogP contribution in [0.5, 0.6) is 0 Å². The van der Waals surface area contributed by atoms with Crippen LogP contribution in [-0.4, -0.2) is 56.7 Å². The zero-order valence-electron chi connectivity index (χ0n) is 39.9. The molecule has 2 heterocycles. The van der Waals surface area contributed by atoms with Crippen LogP contribution >= 0.6 is 11.8 Å². The Balaban J connectivity index is 0.977. The monoisotopic (exact) mass is 1060 g/mol. The van der Waals surface area contributed by atoms with Gasteiger partial charge in [0.15, 0.2) is 0 Å². The van der Waals surface area contributed by atoms with E-state index >= 15 is 0 Å². The number of hydrogen-bond donors (Lipinski definition) is 5. The number of aliphatic hydroxyl groups excluding tert-OH is 1. The zero-order valence-corrected chi connectivity index (χ0v) is 40.7. The molecule has 8 rings (SSSR count). The first-order chi connectivity index (χ1) is 35.6. The van der Waals surface area contributed by atoms with Gasteiger partial charge >= 0.3 is 30.6 Å². The summed E-state index contributed by atoms with van der Waals surface area (Å²) >= 11 is 1.66. The Hall–Kier alpha value is -7.68. The highest BCUT2D eigenvalue weighted by Crippen LogP contribution is 2.39. The predicted molar refractivity (Wildman–Crippen MR) is 275 cm³/mol. The Labute approximate surface area is 428 Å². The summed E-state index contributed by atoms with van der Waals surface area (Å²) in [5.41, 5.74) is 1.61. The van der Waals surface area contributed by atoms with Gasteiger partial charge in [0.1, 0.15) is 0 Å². The zero-order chi connectivity index (χ0) is 53.7. The normalized spacial score (nSPS) is 12.5. The number of carbonyl (C=O) groups is 2. The molecular weight excluding hydrogens is 1010 g/mol. The first-order valence-corrected chi connectivity index (χ1v) is 24.5. The number of aliphatic hydroxyl groups is 1. The topological polar surface area (TPSA) is 132 Å². The van der Waals surface area contributed by atoms with Crippen LogP contribution in [0.25, 0.3) is 44.1 Å². The Morgan fingerprint density at radius 1 is 0.560 bits per heavy atom. The van der Waals surface area contributed by atoms with Crippen molar-refractivity contribution in [3.05, 3.63) is 179 Å². The lowest BCUT2D eigenvalue weighted by Gasteiger charge is -2.30. The average Bonchev–Trinajstić information content (AvgIpc) is 3.35. The fourth-order valence-corrected chi connectivity index (χ4v) is 9.03. The Bertz CT molecular complexity index is 3360. The van der Waals surface area contributed by atoms with E-state index in [4.69, 9.17) is 9.97 Å². The van der Waals surface area contributed by atoms with Gasteiger partial charge in [0, 0.05) is 52.4 Å². The van der Waals surface area contributed by atoms with Crippen molar-refractivity contribution in [2.45, 2.75) is 51.0 Å². The first-order valence-electron chi connectivity index (χ1n) is 23.1. The van der Waals surface area contributed by atoms with Crippen LogP contribution in [0.15, 0.2) is 146 Å². The molecule has 2 aromatic heterocycles. The highest BCUT2D eigenvalue weighted by molar-refractivity contribution is 7.98. The van der Waals surface area contributed by atoms with Gasteiger partial charge in [0.25, 0.3) is 0 Å². The largest absolute Gasteiger partial charge is 0.416 e. The van der Waals surface area contributed by atoms with Crippen molar-refractivity contribution >= 4 is 68.4 Å². The van der Waals surface area contributed by atoms with Gasteiger partial charge in [-0.15, -0.1) is 0 Å². The minimum absolute atomic E-state index is 0.00425. The number of urea groups is 2. The van der Waals surface area contributed by atoms with Gasteiger partial charge in [-0.25, -0.2) is 9.59 Å². The predicted octanol–water partition coefficient (Wildman–Crippen LogP) is 14.9. The van der Waals surface area contributed by atoms with Crippen LogP contribution in [0.2, 0.25) is 0 Å². The van der Waals surface area contributed by atoms with E-state index in [1.54, 1.807) is 66.4 Å². The van der Waals surface area contributed by atoms with E-state index in [0.29, 0.717) is 76.3 Å². The van der Waals surface area contributed by atoms with Crippen molar-refractivity contribution in [3.8, 4) is 22.3 Å². The minimum Gasteiger partial charge on any atom is -0.395 e. The molecule has 0 unspecified atom stereocenters. The van der Waals surface area contributed by atoms with E-state index in [2.05, 4.69) is 26.2 Å². The van der Waals surface area contributed by atoms with Crippen LogP contribution < -0.4 is 21.3 Å². The second kappa shape index (κ2) is 22.4. The van der Waals surface area contributed by atoms with Crippen LogP contribution in [0.1, 0.15) is 40.1 Å². The minimum atomic E-state index is -5.10. The smallest absolute Gasteiger partial charge is 0.395 e. The number of benzene rings is 6. The number of halogens is 9. The molecule has 0 aliphatic carbocycles. The third-order valence-electron chi connectivity index (χ3n) is 12.1. The number of aromatic nitrogens is 2. The van der Waals surface area contributed by atoms with Crippen molar-refractivity contribution < 1.29 is 54.2 Å². The molecule has 5 N–H and O–H groups in total. The molecule has 0 aliphatic heterocycles. The molecule has 388 valence electrons. The van der Waals surface area contributed by atoms with Gasteiger partial charge in [-0.2, -0.15) is 51.3 Å². The molecule has 4 amide bonds. The van der Waals surface area contributed by atoms with E-state index in [1.165, 1.54) is 13.0 Å². The summed E-state index contributed by atoms with van der Waals surface area (Å²) < 4.78 is 121. The molecule has 10 nitrogen and oxygen atoms in total. The van der Waals surface area contributed by atoms with E-state index in [1.807, 2.05) is 60.9 Å². The highest BCUT2D eigenvalue weighted by atomic mass is 32.2. The molecule has 0 aliphatic rings. The van der Waals surface area contributed by atoms with Crippen molar-refractivity contribution in [1.29, 1.82) is 0 Å². The SMILES string of the molecule is CSCC[C@@H](CO)N(Cc1ccc2cc(-c3ccccc3NC(=O)Nc3cc(C)cc(C(F)(F)F)c3)ccc2n1)Cc1ccc2cc(-c3ccccc3NC(=O)Nc3cc(C(F)(F)F)cc(C(F)(F)F)c3)ccc2n1. The number of nitrogens with one attached hydrogen (secondary N) is 4. The number of pyridine rings is 2. The van der Waals surface area contributed by atoms with Gasteiger partial charge < -0.3 is 26.4 Å². The van der Waals surface area contributed by atoms with Crippen molar-refractivity contribution in [2.75, 3.05) is 39.9 Å². The van der Waals surface area contributed by atoms with Gasteiger partial charge in [-0.05, 0) is 127 Å². The van der Waals surface area contributed by atoms with Gasteiger partial charge in [-0.3, -0.25) is 14.9 Å². The summed E-state index contributed by atoms with van der Waals surface area (Å²) in [5.74, 6) is 0.786. The van der Waals surface area contributed by atoms with Gasteiger partial charge in [-0.1, -0.05) is 60.7 Å². The maximum atomic E-state index is 13.5. The summed E-state index contributed by atoms with van der Waals surface area (Å²) in [5, 5.41) is 22.1. The number of thioether (sulfide) groups is 1. The Morgan fingerprint density at radius 2 is 1.00 bits per heavy atom.